The van der Waals surface area contributed by atoms with E-state index in [-0.39, 0.29) is 5.91 Å². The number of methoxy groups -OCH3 is 2. The van der Waals surface area contributed by atoms with Crippen LogP contribution in [0.2, 0.25) is 0 Å². The monoisotopic (exact) mass is 446 g/mol. The zero-order chi connectivity index (χ0) is 23.0. The number of carbonyl (C=O) groups is 1. The molecule has 0 aliphatic carbocycles. The van der Waals surface area contributed by atoms with E-state index in [9.17, 15) is 4.79 Å². The average Bonchev–Trinajstić information content (AvgIpc) is 3.14. The van der Waals surface area contributed by atoms with Gasteiger partial charge in [0, 0.05) is 37.4 Å². The van der Waals surface area contributed by atoms with Crippen molar-refractivity contribution in [1.29, 1.82) is 0 Å². The van der Waals surface area contributed by atoms with Crippen molar-refractivity contribution in [3.63, 3.8) is 0 Å². The van der Waals surface area contributed by atoms with E-state index in [0.717, 1.165) is 43.1 Å². The van der Waals surface area contributed by atoms with Crippen LogP contribution in [0.3, 0.4) is 0 Å². The summed E-state index contributed by atoms with van der Waals surface area (Å²) >= 11 is 0. The van der Waals surface area contributed by atoms with E-state index in [4.69, 9.17) is 14.2 Å². The highest BCUT2D eigenvalue weighted by Crippen LogP contribution is 2.30. The maximum atomic E-state index is 13.2. The molecule has 0 unspecified atom stereocenters. The predicted molar refractivity (Wildman–Crippen MR) is 129 cm³/mol. The van der Waals surface area contributed by atoms with Crippen LogP contribution in [0.15, 0.2) is 72.8 Å². The van der Waals surface area contributed by atoms with Crippen LogP contribution in [0.25, 0.3) is 0 Å². The molecule has 0 aromatic heterocycles. The van der Waals surface area contributed by atoms with Crippen LogP contribution in [-0.4, -0.2) is 51.2 Å². The van der Waals surface area contributed by atoms with Crippen molar-refractivity contribution < 1.29 is 19.0 Å². The van der Waals surface area contributed by atoms with Gasteiger partial charge in [0.05, 0.1) is 14.2 Å². The summed E-state index contributed by atoms with van der Waals surface area (Å²) in [6.07, 6.45) is 0.910. The summed E-state index contributed by atoms with van der Waals surface area (Å²) in [6, 6.07) is 23.4. The summed E-state index contributed by atoms with van der Waals surface area (Å²) in [7, 11) is 3.26. The molecular formula is C27H30N2O4. The number of carbonyl (C=O) groups excluding carboxylic acids is 1. The zero-order valence-electron chi connectivity index (χ0n) is 19.2. The van der Waals surface area contributed by atoms with Gasteiger partial charge < -0.3 is 24.0 Å². The molecule has 6 nitrogen and oxygen atoms in total. The average molecular weight is 447 g/mol. The highest BCUT2D eigenvalue weighted by atomic mass is 16.5. The largest absolute Gasteiger partial charge is 0.497 e. The molecule has 0 spiro atoms. The van der Waals surface area contributed by atoms with Crippen molar-refractivity contribution in [2.45, 2.75) is 13.0 Å². The van der Waals surface area contributed by atoms with Crippen molar-refractivity contribution in [2.75, 3.05) is 45.3 Å². The lowest BCUT2D eigenvalue weighted by atomic mass is 10.1. The molecule has 172 valence electrons. The maximum absolute atomic E-state index is 13.2. The van der Waals surface area contributed by atoms with Crippen LogP contribution >= 0.6 is 0 Å². The van der Waals surface area contributed by atoms with Crippen molar-refractivity contribution in [2.24, 2.45) is 0 Å². The number of benzene rings is 3. The first kappa shape index (κ1) is 22.5. The third-order valence-electron chi connectivity index (χ3n) is 5.87. The number of amides is 1. The molecule has 6 heteroatoms. The molecule has 0 N–H and O–H groups in total. The summed E-state index contributed by atoms with van der Waals surface area (Å²) in [5.74, 6) is 2.04. The molecule has 33 heavy (non-hydrogen) atoms. The van der Waals surface area contributed by atoms with Gasteiger partial charge in [-0.25, -0.2) is 0 Å². The Morgan fingerprint density at radius 1 is 0.818 bits per heavy atom. The number of rotatable bonds is 7. The van der Waals surface area contributed by atoms with Crippen LogP contribution in [-0.2, 0) is 6.61 Å². The number of hydrogen-bond donors (Lipinski definition) is 0. The van der Waals surface area contributed by atoms with Gasteiger partial charge in [-0.1, -0.05) is 30.3 Å². The van der Waals surface area contributed by atoms with E-state index in [2.05, 4.69) is 17.0 Å². The molecule has 1 saturated heterocycles. The van der Waals surface area contributed by atoms with E-state index in [1.54, 1.807) is 20.3 Å². The molecule has 1 heterocycles. The van der Waals surface area contributed by atoms with Gasteiger partial charge in [0.15, 0.2) is 11.5 Å². The van der Waals surface area contributed by atoms with E-state index in [0.29, 0.717) is 30.2 Å². The normalized spacial score (nSPS) is 13.9. The molecule has 0 radical (unpaired) electrons. The third kappa shape index (κ3) is 5.58. The second-order valence-corrected chi connectivity index (χ2v) is 7.97. The van der Waals surface area contributed by atoms with Crippen LogP contribution in [0.4, 0.5) is 5.69 Å². The Kier molecular flexibility index (Phi) is 7.35. The fourth-order valence-corrected chi connectivity index (χ4v) is 4.01. The van der Waals surface area contributed by atoms with Gasteiger partial charge in [-0.15, -0.1) is 0 Å². The van der Waals surface area contributed by atoms with Crippen molar-refractivity contribution in [1.82, 2.24) is 4.90 Å². The SMILES string of the molecule is COc1ccc(N2CCCN(C(=O)c3ccc(OCc4ccccc4)c(OC)c3)CC2)cc1. The van der Waals surface area contributed by atoms with Crippen LogP contribution in [0.1, 0.15) is 22.3 Å². The first-order valence-corrected chi connectivity index (χ1v) is 11.2. The molecule has 1 aliphatic heterocycles. The van der Waals surface area contributed by atoms with Gasteiger partial charge in [-0.3, -0.25) is 4.79 Å². The fourth-order valence-electron chi connectivity index (χ4n) is 4.01. The van der Waals surface area contributed by atoms with Gasteiger partial charge in [0.1, 0.15) is 12.4 Å². The molecule has 3 aromatic rings. The van der Waals surface area contributed by atoms with Gasteiger partial charge in [0.2, 0.25) is 0 Å². The Bertz CT molecular complexity index is 1050. The molecule has 1 amide bonds. The lowest BCUT2D eigenvalue weighted by Gasteiger charge is -2.24. The zero-order valence-corrected chi connectivity index (χ0v) is 19.2. The topological polar surface area (TPSA) is 51.2 Å². The summed E-state index contributed by atoms with van der Waals surface area (Å²) < 4.78 is 16.7. The standard InChI is InChI=1S/C27H30N2O4/c1-31-24-12-10-23(11-13-24)28-15-6-16-29(18-17-28)27(30)22-9-14-25(26(19-22)32-2)33-20-21-7-4-3-5-8-21/h3-5,7-14,19H,6,15-18,20H2,1-2H3. The second-order valence-electron chi connectivity index (χ2n) is 7.97. The minimum atomic E-state index is 0.0134. The summed E-state index contributed by atoms with van der Waals surface area (Å²) in [6.45, 7) is 3.52. The Morgan fingerprint density at radius 2 is 1.61 bits per heavy atom. The van der Waals surface area contributed by atoms with Crippen molar-refractivity contribution in [3.05, 3.63) is 83.9 Å². The second kappa shape index (κ2) is 10.8. The molecule has 4 rings (SSSR count). The third-order valence-corrected chi connectivity index (χ3v) is 5.87. The first-order chi connectivity index (χ1) is 16.2. The lowest BCUT2D eigenvalue weighted by molar-refractivity contribution is 0.0766. The smallest absolute Gasteiger partial charge is 0.254 e. The Labute approximate surface area is 195 Å². The van der Waals surface area contributed by atoms with E-state index in [1.165, 1.54) is 0 Å². The molecular weight excluding hydrogens is 416 g/mol. The quantitative estimate of drug-likeness (QED) is 0.529. The van der Waals surface area contributed by atoms with Gasteiger partial charge in [-0.05, 0) is 54.4 Å². The van der Waals surface area contributed by atoms with Gasteiger partial charge in [-0.2, -0.15) is 0 Å². The summed E-state index contributed by atoms with van der Waals surface area (Å²) in [5, 5.41) is 0. The van der Waals surface area contributed by atoms with Crippen LogP contribution < -0.4 is 19.1 Å². The molecule has 3 aromatic carbocycles. The van der Waals surface area contributed by atoms with E-state index >= 15 is 0 Å². The molecule has 1 aliphatic rings. The first-order valence-electron chi connectivity index (χ1n) is 11.2. The van der Waals surface area contributed by atoms with E-state index in [1.807, 2.05) is 59.5 Å². The number of anilines is 1. The minimum absolute atomic E-state index is 0.0134. The van der Waals surface area contributed by atoms with Gasteiger partial charge >= 0.3 is 0 Å². The molecule has 0 saturated carbocycles. The van der Waals surface area contributed by atoms with Crippen LogP contribution in [0, 0.1) is 0 Å². The molecule has 1 fully saturated rings. The summed E-state index contributed by atoms with van der Waals surface area (Å²) in [5.41, 5.74) is 2.83. The Hall–Kier alpha value is -3.67. The van der Waals surface area contributed by atoms with Crippen molar-refractivity contribution in [3.8, 4) is 17.2 Å². The minimum Gasteiger partial charge on any atom is -0.497 e. The summed E-state index contributed by atoms with van der Waals surface area (Å²) in [4.78, 5) is 17.5. The van der Waals surface area contributed by atoms with E-state index < -0.39 is 0 Å². The highest BCUT2D eigenvalue weighted by molar-refractivity contribution is 5.95. The lowest BCUT2D eigenvalue weighted by Crippen LogP contribution is -2.35. The van der Waals surface area contributed by atoms with Crippen LogP contribution in [0.5, 0.6) is 17.2 Å². The highest BCUT2D eigenvalue weighted by Gasteiger charge is 2.22. The fraction of sp³-hybridized carbons (Fsp3) is 0.296. The Morgan fingerprint density at radius 3 is 2.33 bits per heavy atom. The molecule has 0 bridgehead atoms. The van der Waals surface area contributed by atoms with Gasteiger partial charge in [0.25, 0.3) is 5.91 Å². The number of hydrogen-bond acceptors (Lipinski definition) is 5. The predicted octanol–water partition coefficient (Wildman–Crippen LogP) is 4.64. The Balaban J connectivity index is 1.40. The number of nitrogens with zero attached hydrogens (tertiary/aromatic N) is 2. The van der Waals surface area contributed by atoms with Crippen molar-refractivity contribution >= 4 is 11.6 Å². The number of ether oxygens (including phenoxy) is 3. The molecule has 0 atom stereocenters. The maximum Gasteiger partial charge on any atom is 0.254 e.